The molecule has 3 fully saturated rings. The summed E-state index contributed by atoms with van der Waals surface area (Å²) in [7, 11) is 2.79. The van der Waals surface area contributed by atoms with E-state index < -0.39 is 26.0 Å². The van der Waals surface area contributed by atoms with Crippen molar-refractivity contribution in [3.05, 3.63) is 23.8 Å². The van der Waals surface area contributed by atoms with E-state index in [1.807, 2.05) is 0 Å². The predicted octanol–water partition coefficient (Wildman–Crippen LogP) is -0.0113. The molecule has 3 heterocycles. The van der Waals surface area contributed by atoms with E-state index in [2.05, 4.69) is 32.8 Å². The molecule has 0 radical (unpaired) electrons. The fourth-order valence-corrected chi connectivity index (χ4v) is 12.3. The minimum atomic E-state index is -0.857. The van der Waals surface area contributed by atoms with Crippen LogP contribution in [-0.4, -0.2) is 42.1 Å². The molecule has 0 spiro atoms. The quantitative estimate of drug-likeness (QED) is 0.222. The Morgan fingerprint density at radius 1 is 1.29 bits per heavy atom. The number of nitrogens with one attached hydrogen (secondary N) is 1. The Bertz CT molecular complexity index is 501. The first-order valence-corrected chi connectivity index (χ1v) is 11.9. The molecule has 0 aromatic heterocycles. The predicted molar refractivity (Wildman–Crippen MR) is 97.3 cm³/mol. The molecule has 21 heavy (non-hydrogen) atoms. The fourth-order valence-electron chi connectivity index (χ4n) is 3.52. The average Bonchev–Trinajstić information content (AvgIpc) is 2.81. The van der Waals surface area contributed by atoms with E-state index in [-0.39, 0.29) is 24.0 Å². The molecule has 0 aromatic rings. The first-order chi connectivity index (χ1) is 10.1. The van der Waals surface area contributed by atoms with Crippen LogP contribution in [0, 0.1) is 0 Å². The molecule has 118 valence electrons. The van der Waals surface area contributed by atoms with E-state index in [1.54, 1.807) is 5.57 Å². The van der Waals surface area contributed by atoms with E-state index in [0.717, 1.165) is 14.3 Å². The summed E-state index contributed by atoms with van der Waals surface area (Å²) in [5.74, 6) is 0. The van der Waals surface area contributed by atoms with E-state index in [9.17, 15) is 0 Å². The number of ether oxygens (including phenoxy) is 1. The van der Waals surface area contributed by atoms with Gasteiger partial charge in [-0.2, -0.15) is 0 Å². The van der Waals surface area contributed by atoms with Crippen LogP contribution in [-0.2, 0) is 4.74 Å². The van der Waals surface area contributed by atoms with E-state index >= 15 is 0 Å². The van der Waals surface area contributed by atoms with Crippen LogP contribution in [0.25, 0.3) is 0 Å². The Kier molecular flexibility index (Phi) is 3.94. The molecule has 0 saturated carbocycles. The molecule has 9 atom stereocenters. The van der Waals surface area contributed by atoms with E-state index in [0.29, 0.717) is 4.05 Å². The van der Waals surface area contributed by atoms with Crippen LogP contribution in [0.4, 0.5) is 0 Å². The van der Waals surface area contributed by atoms with Crippen molar-refractivity contribution in [1.29, 1.82) is 0 Å². The maximum absolute atomic E-state index is 6.16. The van der Waals surface area contributed by atoms with Crippen LogP contribution in [0.5, 0.6) is 0 Å². The third-order valence-corrected chi connectivity index (χ3v) is 13.8. The third-order valence-electron chi connectivity index (χ3n) is 4.99. The molecule has 0 amide bonds. The summed E-state index contributed by atoms with van der Waals surface area (Å²) >= 11 is -0.857. The summed E-state index contributed by atoms with van der Waals surface area (Å²) < 4.78 is 8.41. The summed E-state index contributed by atoms with van der Waals surface area (Å²) in [6, 6.07) is -0.422. The number of rotatable bonds is 3. The first-order valence-electron chi connectivity index (χ1n) is 7.54. The molecule has 3 saturated heterocycles. The monoisotopic (exact) mass is 422 g/mol. The molecule has 7 N–H and O–H groups in total. The van der Waals surface area contributed by atoms with Gasteiger partial charge in [0.15, 0.2) is 0 Å². The number of fused-ring (bicyclic) bond motifs is 1. The Morgan fingerprint density at radius 2 is 2.10 bits per heavy atom. The molecule has 5 nitrogen and oxygen atoms in total. The van der Waals surface area contributed by atoms with Crippen LogP contribution in [0.15, 0.2) is 23.8 Å². The molecule has 1 aliphatic carbocycles. The molecule has 7 heteroatoms. The van der Waals surface area contributed by atoms with Crippen molar-refractivity contribution in [3.63, 3.8) is 0 Å². The summed E-state index contributed by atoms with van der Waals surface area (Å²) in [5, 5.41) is 3.70. The second-order valence-electron chi connectivity index (χ2n) is 6.26. The number of nitrogens with two attached hydrogens (primary N) is 3. The van der Waals surface area contributed by atoms with Crippen LogP contribution in [0.3, 0.4) is 0 Å². The molecular formula is C14H24IN4OP. The van der Waals surface area contributed by atoms with E-state index in [1.165, 1.54) is 6.42 Å². The topological polar surface area (TPSA) is 99.3 Å². The molecule has 4 aliphatic rings. The van der Waals surface area contributed by atoms with Crippen LogP contribution in [0.1, 0.15) is 12.8 Å². The van der Waals surface area contributed by atoms with Crippen LogP contribution >= 0.6 is 29.1 Å². The van der Waals surface area contributed by atoms with Crippen molar-refractivity contribution < 1.29 is 4.74 Å². The zero-order chi connectivity index (χ0) is 14.7. The van der Waals surface area contributed by atoms with Gasteiger partial charge >= 0.3 is 135 Å². The maximum atomic E-state index is 6.16. The molecule has 0 aromatic carbocycles. The Morgan fingerprint density at radius 3 is 2.81 bits per heavy atom. The van der Waals surface area contributed by atoms with Crippen LogP contribution < -0.4 is 22.5 Å². The summed E-state index contributed by atoms with van der Waals surface area (Å²) in [6.45, 7) is 0. The van der Waals surface area contributed by atoms with Gasteiger partial charge in [0.25, 0.3) is 0 Å². The normalized spacial score (nSPS) is 53.1. The second-order valence-corrected chi connectivity index (χ2v) is 13.6. The van der Waals surface area contributed by atoms with Gasteiger partial charge in [0.1, 0.15) is 0 Å². The number of hydrogen-bond acceptors (Lipinski definition) is 5. The number of halogens is 1. The molecule has 3 aliphatic heterocycles. The van der Waals surface area contributed by atoms with Gasteiger partial charge in [0.2, 0.25) is 0 Å². The van der Waals surface area contributed by atoms with E-state index in [4.69, 9.17) is 21.9 Å². The van der Waals surface area contributed by atoms with Gasteiger partial charge in [-0.1, -0.05) is 0 Å². The van der Waals surface area contributed by atoms with Crippen molar-refractivity contribution >= 4 is 29.1 Å². The fraction of sp³-hybridized carbons (Fsp3) is 0.714. The second kappa shape index (κ2) is 5.51. The standard InChI is InChI=1S/C14H24IN4OP/c16-9-10(17)13(18)20-14(11(9)21)19-12-8-5-7(15(8)12)6-3-1-2-4-6/h1,3-4,7-14,19H,2,5,16-18,21H2. The number of alkyl halides is 3. The summed E-state index contributed by atoms with van der Waals surface area (Å²) in [5.41, 5.74) is 19.8. The zero-order valence-corrected chi connectivity index (χ0v) is 15.2. The zero-order valence-electron chi connectivity index (χ0n) is 11.9. The molecule has 4 rings (SSSR count). The summed E-state index contributed by atoms with van der Waals surface area (Å²) in [4.78, 5) is 0. The average molecular weight is 422 g/mol. The Hall–Kier alpha value is 0.440. The molecule has 9 unspecified atom stereocenters. The van der Waals surface area contributed by atoms with Gasteiger partial charge in [-0.15, -0.1) is 0 Å². The van der Waals surface area contributed by atoms with Crippen molar-refractivity contribution in [2.45, 2.75) is 54.9 Å². The molecule has 0 bridgehead atoms. The van der Waals surface area contributed by atoms with Crippen molar-refractivity contribution in [2.24, 2.45) is 17.2 Å². The van der Waals surface area contributed by atoms with Gasteiger partial charge in [0, 0.05) is 0 Å². The van der Waals surface area contributed by atoms with Gasteiger partial charge in [-0.05, 0) is 0 Å². The Labute approximate surface area is 135 Å². The van der Waals surface area contributed by atoms with Gasteiger partial charge in [-0.25, -0.2) is 0 Å². The van der Waals surface area contributed by atoms with Gasteiger partial charge < -0.3 is 0 Å². The van der Waals surface area contributed by atoms with Crippen molar-refractivity contribution in [3.8, 4) is 0 Å². The number of hydrogen-bond donors (Lipinski definition) is 4. The molecular weight excluding hydrogens is 398 g/mol. The van der Waals surface area contributed by atoms with Crippen molar-refractivity contribution in [2.75, 3.05) is 0 Å². The van der Waals surface area contributed by atoms with Gasteiger partial charge in [0.05, 0.1) is 0 Å². The minimum absolute atomic E-state index is 0.0681. The number of allylic oxidation sites excluding steroid dienone is 4. The van der Waals surface area contributed by atoms with Crippen molar-refractivity contribution in [1.82, 2.24) is 5.32 Å². The van der Waals surface area contributed by atoms with Gasteiger partial charge in [-0.3, -0.25) is 0 Å². The van der Waals surface area contributed by atoms with Crippen LogP contribution in [0.2, 0.25) is 0 Å². The Balaban J connectivity index is 1.37. The SMILES string of the molecule is NC1OC(NC2C3CC(C4=CCC=C4)I32)C(P)C(N)C1N. The first kappa shape index (κ1) is 15.0. The summed E-state index contributed by atoms with van der Waals surface area (Å²) in [6.07, 6.45) is 8.95. The third kappa shape index (κ3) is 2.43.